The Kier molecular flexibility index (Phi) is 7.07. The highest BCUT2D eigenvalue weighted by Crippen LogP contribution is 2.46. The highest BCUT2D eigenvalue weighted by molar-refractivity contribution is 7.15. The number of hydrogen-bond acceptors (Lipinski definition) is 7. The molecule has 1 saturated heterocycles. The van der Waals surface area contributed by atoms with Crippen molar-refractivity contribution in [2.75, 3.05) is 38.2 Å². The third-order valence-electron chi connectivity index (χ3n) is 5.06. The van der Waals surface area contributed by atoms with Gasteiger partial charge >= 0.3 is 11.9 Å². The van der Waals surface area contributed by atoms with Gasteiger partial charge in [-0.05, 0) is 62.9 Å². The lowest BCUT2D eigenvalue weighted by Gasteiger charge is -2.30. The van der Waals surface area contributed by atoms with Gasteiger partial charge in [0.15, 0.2) is 0 Å². The minimum Gasteiger partial charge on any atom is -0.466 e. The van der Waals surface area contributed by atoms with Crippen molar-refractivity contribution >= 4 is 34.2 Å². The van der Waals surface area contributed by atoms with Crippen LogP contribution in [-0.2, 0) is 19.1 Å². The first-order chi connectivity index (χ1) is 13.5. The van der Waals surface area contributed by atoms with E-state index < -0.39 is 0 Å². The van der Waals surface area contributed by atoms with Crippen LogP contribution < -0.4 is 5.32 Å². The van der Waals surface area contributed by atoms with Gasteiger partial charge in [0.1, 0.15) is 5.00 Å². The van der Waals surface area contributed by atoms with Crippen molar-refractivity contribution < 1.29 is 23.9 Å². The first kappa shape index (κ1) is 20.8. The van der Waals surface area contributed by atoms with Crippen LogP contribution in [0.5, 0.6) is 0 Å². The molecule has 1 amide bonds. The molecular weight excluding hydrogens is 380 g/mol. The van der Waals surface area contributed by atoms with E-state index in [0.29, 0.717) is 36.2 Å². The van der Waals surface area contributed by atoms with Crippen LogP contribution in [0.15, 0.2) is 5.38 Å². The average Bonchev–Trinajstić information content (AvgIpc) is 3.43. The quantitative estimate of drug-likeness (QED) is 0.666. The third kappa shape index (κ3) is 5.11. The fourth-order valence-corrected chi connectivity index (χ4v) is 4.64. The highest BCUT2D eigenvalue weighted by Gasteiger charge is 2.33. The summed E-state index contributed by atoms with van der Waals surface area (Å²) in [5, 5.41) is 5.41. The fraction of sp³-hybridized carbons (Fsp3) is 0.650. The molecule has 1 aromatic rings. The molecule has 1 saturated carbocycles. The topological polar surface area (TPSA) is 84.9 Å². The number of likely N-dealkylation sites (tertiary alicyclic amines) is 1. The van der Waals surface area contributed by atoms with E-state index in [1.165, 1.54) is 11.3 Å². The number of rotatable bonds is 8. The molecule has 8 heteroatoms. The van der Waals surface area contributed by atoms with Gasteiger partial charge < -0.3 is 14.8 Å². The summed E-state index contributed by atoms with van der Waals surface area (Å²) in [6, 6.07) is 0. The molecule has 0 spiro atoms. The number of nitrogens with zero attached hydrogens (tertiary/aromatic N) is 1. The molecule has 2 heterocycles. The van der Waals surface area contributed by atoms with Gasteiger partial charge in [0, 0.05) is 6.54 Å². The summed E-state index contributed by atoms with van der Waals surface area (Å²) in [7, 11) is 0. The molecule has 1 N–H and O–H groups in total. The van der Waals surface area contributed by atoms with E-state index in [1.807, 2.05) is 10.3 Å². The number of hydrogen-bond donors (Lipinski definition) is 1. The Morgan fingerprint density at radius 2 is 1.93 bits per heavy atom. The Morgan fingerprint density at radius 1 is 1.18 bits per heavy atom. The molecule has 0 aromatic carbocycles. The molecule has 2 fully saturated rings. The summed E-state index contributed by atoms with van der Waals surface area (Å²) < 4.78 is 10.3. The van der Waals surface area contributed by atoms with Gasteiger partial charge in [-0.2, -0.15) is 0 Å². The minimum absolute atomic E-state index is 0.181. The SMILES string of the molecule is CCOC(=O)c1c(C2CC2)csc1NC(=O)CN1CCC[C@H](C(=O)OCC)C1. The number of esters is 2. The lowest BCUT2D eigenvalue weighted by molar-refractivity contribution is -0.150. The molecule has 1 atom stereocenters. The summed E-state index contributed by atoms with van der Waals surface area (Å²) >= 11 is 1.38. The van der Waals surface area contributed by atoms with Crippen LogP contribution in [0.4, 0.5) is 5.00 Å². The summed E-state index contributed by atoms with van der Waals surface area (Å²) in [5.41, 5.74) is 1.49. The van der Waals surface area contributed by atoms with Crippen molar-refractivity contribution in [2.45, 2.75) is 45.4 Å². The molecule has 0 radical (unpaired) electrons. The van der Waals surface area contributed by atoms with E-state index in [1.54, 1.807) is 13.8 Å². The van der Waals surface area contributed by atoms with Crippen molar-refractivity contribution in [1.82, 2.24) is 4.90 Å². The van der Waals surface area contributed by atoms with E-state index in [4.69, 9.17) is 9.47 Å². The molecule has 2 aliphatic rings. The molecule has 1 aromatic heterocycles. The normalized spacial score (nSPS) is 19.9. The van der Waals surface area contributed by atoms with E-state index in [2.05, 4.69) is 5.32 Å². The monoisotopic (exact) mass is 408 g/mol. The van der Waals surface area contributed by atoms with Crippen molar-refractivity contribution in [3.05, 3.63) is 16.5 Å². The number of carbonyl (C=O) groups excluding carboxylic acids is 3. The van der Waals surface area contributed by atoms with Crippen LogP contribution in [0.2, 0.25) is 0 Å². The van der Waals surface area contributed by atoms with Crippen LogP contribution in [-0.4, -0.2) is 55.6 Å². The van der Waals surface area contributed by atoms with Crippen LogP contribution in [0.3, 0.4) is 0 Å². The summed E-state index contributed by atoms with van der Waals surface area (Å²) in [4.78, 5) is 38.9. The largest absolute Gasteiger partial charge is 0.466 e. The number of ether oxygens (including phenoxy) is 2. The van der Waals surface area contributed by atoms with Crippen LogP contribution in [0, 0.1) is 5.92 Å². The summed E-state index contributed by atoms with van der Waals surface area (Å²) in [6.07, 6.45) is 3.79. The smallest absolute Gasteiger partial charge is 0.341 e. The van der Waals surface area contributed by atoms with Gasteiger partial charge in [-0.15, -0.1) is 11.3 Å². The van der Waals surface area contributed by atoms with Gasteiger partial charge in [-0.25, -0.2) is 4.79 Å². The number of thiophene rings is 1. The molecule has 28 heavy (non-hydrogen) atoms. The average molecular weight is 409 g/mol. The zero-order valence-corrected chi connectivity index (χ0v) is 17.3. The van der Waals surface area contributed by atoms with Crippen LogP contribution in [0.25, 0.3) is 0 Å². The third-order valence-corrected chi connectivity index (χ3v) is 5.98. The van der Waals surface area contributed by atoms with E-state index in [-0.39, 0.29) is 30.3 Å². The van der Waals surface area contributed by atoms with Crippen molar-refractivity contribution in [1.29, 1.82) is 0 Å². The predicted molar refractivity (Wildman–Crippen MR) is 107 cm³/mol. The van der Waals surface area contributed by atoms with Crippen LogP contribution >= 0.6 is 11.3 Å². The molecule has 1 aliphatic heterocycles. The Morgan fingerprint density at radius 3 is 2.61 bits per heavy atom. The number of piperidine rings is 1. The lowest BCUT2D eigenvalue weighted by atomic mass is 9.98. The Balaban J connectivity index is 1.62. The Bertz CT molecular complexity index is 728. The standard InChI is InChI=1S/C20H28N2O5S/c1-3-26-19(24)14-6-5-9-22(10-14)11-16(23)21-18-17(20(25)27-4-2)15(12-28-18)13-7-8-13/h12-14H,3-11H2,1-2H3,(H,21,23)/t14-/m0/s1. The van der Waals surface area contributed by atoms with Gasteiger partial charge in [-0.1, -0.05) is 0 Å². The first-order valence-electron chi connectivity index (χ1n) is 10.0. The minimum atomic E-state index is -0.374. The molecule has 7 nitrogen and oxygen atoms in total. The van der Waals surface area contributed by atoms with Crippen molar-refractivity contribution in [3.8, 4) is 0 Å². The van der Waals surface area contributed by atoms with Gasteiger partial charge in [-0.3, -0.25) is 14.5 Å². The number of anilines is 1. The zero-order chi connectivity index (χ0) is 20.1. The van der Waals surface area contributed by atoms with E-state index in [0.717, 1.165) is 37.8 Å². The summed E-state index contributed by atoms with van der Waals surface area (Å²) in [6.45, 7) is 5.72. The molecular formula is C20H28N2O5S. The number of nitrogens with one attached hydrogen (secondary N) is 1. The summed E-state index contributed by atoms with van der Waals surface area (Å²) in [5.74, 6) is -0.529. The fourth-order valence-electron chi connectivity index (χ4n) is 3.59. The van der Waals surface area contributed by atoms with Crippen LogP contribution in [0.1, 0.15) is 61.4 Å². The van der Waals surface area contributed by atoms with Crippen molar-refractivity contribution in [2.24, 2.45) is 5.92 Å². The van der Waals surface area contributed by atoms with E-state index >= 15 is 0 Å². The predicted octanol–water partition coefficient (Wildman–Crippen LogP) is 3.02. The Hall–Kier alpha value is -1.93. The number of amides is 1. The maximum atomic E-state index is 12.6. The second-order valence-corrected chi connectivity index (χ2v) is 8.14. The lowest BCUT2D eigenvalue weighted by Crippen LogP contribution is -2.43. The van der Waals surface area contributed by atoms with Gasteiger partial charge in [0.2, 0.25) is 5.91 Å². The second kappa shape index (κ2) is 9.52. The van der Waals surface area contributed by atoms with Gasteiger partial charge in [0.05, 0.1) is 31.2 Å². The van der Waals surface area contributed by atoms with Crippen molar-refractivity contribution in [3.63, 3.8) is 0 Å². The Labute approximate surface area is 169 Å². The molecule has 154 valence electrons. The zero-order valence-electron chi connectivity index (χ0n) is 16.5. The van der Waals surface area contributed by atoms with E-state index in [9.17, 15) is 14.4 Å². The second-order valence-electron chi connectivity index (χ2n) is 7.26. The molecule has 0 unspecified atom stereocenters. The number of carbonyl (C=O) groups is 3. The maximum absolute atomic E-state index is 12.6. The molecule has 1 aliphatic carbocycles. The first-order valence-corrected chi connectivity index (χ1v) is 10.9. The highest BCUT2D eigenvalue weighted by atomic mass is 32.1. The van der Waals surface area contributed by atoms with Gasteiger partial charge in [0.25, 0.3) is 0 Å². The molecule has 0 bridgehead atoms. The molecule has 3 rings (SSSR count). The maximum Gasteiger partial charge on any atom is 0.341 e.